The van der Waals surface area contributed by atoms with Gasteiger partial charge in [-0.05, 0) is 48.5 Å². The van der Waals surface area contributed by atoms with Gasteiger partial charge in [-0.1, -0.05) is 11.6 Å². The lowest BCUT2D eigenvalue weighted by molar-refractivity contribution is 0.584. The van der Waals surface area contributed by atoms with Crippen molar-refractivity contribution in [2.75, 3.05) is 5.43 Å². The van der Waals surface area contributed by atoms with E-state index in [1.54, 1.807) is 12.1 Å². The molecule has 0 saturated carbocycles. The van der Waals surface area contributed by atoms with Crippen molar-refractivity contribution >= 4 is 29.7 Å². The molecule has 5 nitrogen and oxygen atoms in total. The Balaban J connectivity index is 0.00000161. The Morgan fingerprint density at radius 1 is 0.857 bits per heavy atom. The minimum Gasteiger partial charge on any atom is -0.416 e. The Morgan fingerprint density at radius 3 is 1.81 bits per heavy atom. The molecule has 7 heteroatoms. The summed E-state index contributed by atoms with van der Waals surface area (Å²) in [4.78, 5) is 0. The molecule has 2 aromatic carbocycles. The number of nitrogens with zero attached hydrogens (tertiary/aromatic N) is 2. The first-order valence-corrected chi connectivity index (χ1v) is 6.30. The summed E-state index contributed by atoms with van der Waals surface area (Å²) in [6.07, 6.45) is 0. The fourth-order valence-electron chi connectivity index (χ4n) is 1.76. The van der Waals surface area contributed by atoms with E-state index < -0.39 is 0 Å². The van der Waals surface area contributed by atoms with Gasteiger partial charge in [-0.25, -0.2) is 0 Å². The van der Waals surface area contributed by atoms with Gasteiger partial charge in [0.15, 0.2) is 0 Å². The summed E-state index contributed by atoms with van der Waals surface area (Å²) in [7, 11) is 0. The van der Waals surface area contributed by atoms with Crippen LogP contribution in [0, 0.1) is 0 Å². The van der Waals surface area contributed by atoms with Gasteiger partial charge >= 0.3 is 0 Å². The number of hydrazine groups is 1. The van der Waals surface area contributed by atoms with E-state index in [1.807, 2.05) is 36.4 Å². The molecule has 0 aliphatic rings. The van der Waals surface area contributed by atoms with Crippen molar-refractivity contribution in [3.05, 3.63) is 53.6 Å². The molecule has 0 aliphatic carbocycles. The zero-order chi connectivity index (χ0) is 13.9. The topological polar surface area (TPSA) is 77.0 Å². The molecule has 0 aliphatic heterocycles. The van der Waals surface area contributed by atoms with Gasteiger partial charge in [0, 0.05) is 21.8 Å². The van der Waals surface area contributed by atoms with E-state index in [2.05, 4.69) is 15.6 Å². The van der Waals surface area contributed by atoms with Crippen molar-refractivity contribution in [2.45, 2.75) is 0 Å². The third-order valence-electron chi connectivity index (χ3n) is 2.81. The van der Waals surface area contributed by atoms with Crippen molar-refractivity contribution in [2.24, 2.45) is 5.84 Å². The van der Waals surface area contributed by atoms with Crippen LogP contribution in [0.1, 0.15) is 0 Å². The van der Waals surface area contributed by atoms with E-state index in [9.17, 15) is 0 Å². The highest BCUT2D eigenvalue weighted by atomic mass is 35.5. The molecule has 0 radical (unpaired) electrons. The number of benzene rings is 2. The predicted octanol–water partition coefficient (Wildman–Crippen LogP) is 3.76. The third kappa shape index (κ3) is 3.33. The number of aromatic nitrogens is 2. The molecule has 0 atom stereocenters. The van der Waals surface area contributed by atoms with Crippen molar-refractivity contribution in [1.82, 2.24) is 10.2 Å². The molecule has 1 aromatic heterocycles. The molecule has 108 valence electrons. The Labute approximate surface area is 132 Å². The number of nitrogen functional groups attached to an aromatic ring is 1. The number of halogens is 2. The minimum atomic E-state index is 0. The van der Waals surface area contributed by atoms with E-state index >= 15 is 0 Å². The molecule has 3 aromatic rings. The maximum absolute atomic E-state index is 5.85. The van der Waals surface area contributed by atoms with Crippen LogP contribution in [-0.4, -0.2) is 10.2 Å². The fraction of sp³-hybridized carbons (Fsp3) is 0. The highest BCUT2D eigenvalue weighted by Crippen LogP contribution is 2.25. The summed E-state index contributed by atoms with van der Waals surface area (Å²) in [6, 6.07) is 14.6. The summed E-state index contributed by atoms with van der Waals surface area (Å²) in [5.74, 6) is 6.23. The van der Waals surface area contributed by atoms with Crippen LogP contribution in [0.3, 0.4) is 0 Å². The summed E-state index contributed by atoms with van der Waals surface area (Å²) >= 11 is 5.85. The summed E-state index contributed by atoms with van der Waals surface area (Å²) in [6.45, 7) is 0. The van der Waals surface area contributed by atoms with E-state index in [-0.39, 0.29) is 12.4 Å². The largest absolute Gasteiger partial charge is 0.416 e. The van der Waals surface area contributed by atoms with Gasteiger partial charge < -0.3 is 9.84 Å². The number of nitrogens with two attached hydrogens (primary N) is 1. The lowest BCUT2D eigenvalue weighted by atomic mass is 10.2. The van der Waals surface area contributed by atoms with Crippen LogP contribution in [-0.2, 0) is 0 Å². The average molecular weight is 323 g/mol. The second-order valence-corrected chi connectivity index (χ2v) is 4.58. The monoisotopic (exact) mass is 322 g/mol. The molecule has 3 rings (SSSR count). The van der Waals surface area contributed by atoms with E-state index in [0.29, 0.717) is 16.8 Å². The van der Waals surface area contributed by atoms with Gasteiger partial charge in [0.2, 0.25) is 11.8 Å². The first-order chi connectivity index (χ1) is 9.76. The van der Waals surface area contributed by atoms with Crippen LogP contribution in [0.4, 0.5) is 5.69 Å². The maximum atomic E-state index is 5.85. The molecule has 0 bridgehead atoms. The van der Waals surface area contributed by atoms with Gasteiger partial charge in [-0.3, -0.25) is 5.84 Å². The van der Waals surface area contributed by atoms with E-state index in [1.165, 1.54) is 0 Å². The quantitative estimate of drug-likeness (QED) is 0.567. The Kier molecular flexibility index (Phi) is 4.80. The Hall–Kier alpha value is -2.08. The minimum absolute atomic E-state index is 0. The van der Waals surface area contributed by atoms with Gasteiger partial charge in [0.25, 0.3) is 0 Å². The molecule has 0 unspecified atom stereocenters. The van der Waals surface area contributed by atoms with Crippen molar-refractivity contribution < 1.29 is 4.42 Å². The zero-order valence-electron chi connectivity index (χ0n) is 10.8. The summed E-state index contributed by atoms with van der Waals surface area (Å²) in [5.41, 5.74) is 5.03. The summed E-state index contributed by atoms with van der Waals surface area (Å²) < 4.78 is 5.65. The van der Waals surface area contributed by atoms with Crippen molar-refractivity contribution in [3.63, 3.8) is 0 Å². The molecule has 0 amide bonds. The van der Waals surface area contributed by atoms with Gasteiger partial charge in [-0.2, -0.15) is 0 Å². The van der Waals surface area contributed by atoms with Crippen molar-refractivity contribution in [1.29, 1.82) is 0 Å². The molecule has 3 N–H and O–H groups in total. The highest BCUT2D eigenvalue weighted by Gasteiger charge is 2.10. The first-order valence-electron chi connectivity index (χ1n) is 5.93. The normalized spacial score (nSPS) is 10.0. The summed E-state index contributed by atoms with van der Waals surface area (Å²) in [5, 5.41) is 8.74. The van der Waals surface area contributed by atoms with Crippen molar-refractivity contribution in [3.8, 4) is 22.9 Å². The van der Waals surface area contributed by atoms with Gasteiger partial charge in [0.1, 0.15) is 0 Å². The maximum Gasteiger partial charge on any atom is 0.248 e. The number of rotatable bonds is 3. The van der Waals surface area contributed by atoms with Crippen LogP contribution < -0.4 is 11.3 Å². The third-order valence-corrected chi connectivity index (χ3v) is 3.07. The van der Waals surface area contributed by atoms with E-state index in [0.717, 1.165) is 16.8 Å². The fourth-order valence-corrected chi connectivity index (χ4v) is 1.88. The van der Waals surface area contributed by atoms with Gasteiger partial charge in [0.05, 0.1) is 0 Å². The lowest BCUT2D eigenvalue weighted by Gasteiger charge is -1.99. The van der Waals surface area contributed by atoms with Crippen LogP contribution in [0.25, 0.3) is 22.9 Å². The van der Waals surface area contributed by atoms with Crippen LogP contribution in [0.2, 0.25) is 5.02 Å². The highest BCUT2D eigenvalue weighted by molar-refractivity contribution is 6.30. The number of hydrogen-bond donors (Lipinski definition) is 2. The molecule has 21 heavy (non-hydrogen) atoms. The zero-order valence-corrected chi connectivity index (χ0v) is 12.4. The van der Waals surface area contributed by atoms with Crippen LogP contribution >= 0.6 is 24.0 Å². The van der Waals surface area contributed by atoms with Crippen LogP contribution in [0.5, 0.6) is 0 Å². The molecular weight excluding hydrogens is 311 g/mol. The number of nitrogens with one attached hydrogen (secondary N) is 1. The second kappa shape index (κ2) is 6.58. The SMILES string of the molecule is Cl.NNc1ccc(-c2nnc(-c3ccc(Cl)cc3)o2)cc1. The molecular formula is C14H12Cl2N4O. The number of anilines is 1. The van der Waals surface area contributed by atoms with Gasteiger partial charge in [-0.15, -0.1) is 22.6 Å². The number of hydrogen-bond acceptors (Lipinski definition) is 5. The van der Waals surface area contributed by atoms with Crippen LogP contribution in [0.15, 0.2) is 52.9 Å². The molecule has 0 saturated heterocycles. The molecule has 1 heterocycles. The molecule has 0 spiro atoms. The Bertz CT molecular complexity index is 711. The lowest BCUT2D eigenvalue weighted by Crippen LogP contribution is -2.05. The Morgan fingerprint density at radius 2 is 1.33 bits per heavy atom. The van der Waals surface area contributed by atoms with E-state index in [4.69, 9.17) is 21.9 Å². The first kappa shape index (κ1) is 15.3. The second-order valence-electron chi connectivity index (χ2n) is 4.14. The standard InChI is InChI=1S/C14H11ClN4O.ClH/c15-11-5-1-9(2-6-11)13-18-19-14(20-13)10-3-7-12(17-16)8-4-10;/h1-8,17H,16H2;1H. The molecule has 0 fully saturated rings. The smallest absolute Gasteiger partial charge is 0.248 e. The predicted molar refractivity (Wildman–Crippen MR) is 85.2 cm³/mol. The average Bonchev–Trinajstić information content (AvgIpc) is 2.98.